The molecule has 1 atom stereocenters. The van der Waals surface area contributed by atoms with Gasteiger partial charge in [0.25, 0.3) is 0 Å². The van der Waals surface area contributed by atoms with Gasteiger partial charge in [-0.05, 0) is 45.1 Å². The van der Waals surface area contributed by atoms with Gasteiger partial charge >= 0.3 is 0 Å². The van der Waals surface area contributed by atoms with Gasteiger partial charge < -0.3 is 10.2 Å². The van der Waals surface area contributed by atoms with Crippen molar-refractivity contribution in [3.63, 3.8) is 0 Å². The minimum atomic E-state index is 0.617. The molecule has 2 heterocycles. The molecule has 19 heavy (non-hydrogen) atoms. The van der Waals surface area contributed by atoms with Crippen molar-refractivity contribution in [3.8, 4) is 0 Å². The molecule has 0 radical (unpaired) electrons. The van der Waals surface area contributed by atoms with E-state index in [0.717, 1.165) is 32.5 Å². The second-order valence-corrected chi connectivity index (χ2v) is 5.67. The van der Waals surface area contributed by atoms with Gasteiger partial charge in [0.15, 0.2) is 0 Å². The molecule has 2 aliphatic rings. The largest absolute Gasteiger partial charge is 0.352 e. The molecule has 4 heteroatoms. The Kier molecular flexibility index (Phi) is 3.97. The number of fused-ring (bicyclic) bond motifs is 1. The van der Waals surface area contributed by atoms with Gasteiger partial charge in [0.2, 0.25) is 0 Å². The summed E-state index contributed by atoms with van der Waals surface area (Å²) in [4.78, 5) is 11.6. The maximum Gasteiger partial charge on any atom is 0.135 e. The monoisotopic (exact) mass is 260 g/mol. The molecule has 0 saturated carbocycles. The molecule has 1 aromatic heterocycles. The number of hydrogen-bond acceptors (Lipinski definition) is 4. The van der Waals surface area contributed by atoms with E-state index in [1.165, 1.54) is 42.8 Å². The Morgan fingerprint density at radius 3 is 3.16 bits per heavy atom. The zero-order chi connectivity index (χ0) is 13.1. The van der Waals surface area contributed by atoms with E-state index in [4.69, 9.17) is 0 Å². The molecule has 1 aromatic rings. The smallest absolute Gasteiger partial charge is 0.135 e. The van der Waals surface area contributed by atoms with Gasteiger partial charge in [-0.2, -0.15) is 0 Å². The predicted molar refractivity (Wildman–Crippen MR) is 77.6 cm³/mol. The average molecular weight is 260 g/mol. The van der Waals surface area contributed by atoms with Crippen LogP contribution in [-0.4, -0.2) is 35.6 Å². The molecular formula is C15H24N4. The quantitative estimate of drug-likeness (QED) is 0.821. The van der Waals surface area contributed by atoms with Gasteiger partial charge in [0.1, 0.15) is 12.1 Å². The summed E-state index contributed by atoms with van der Waals surface area (Å²) < 4.78 is 0. The second-order valence-electron chi connectivity index (χ2n) is 5.67. The van der Waals surface area contributed by atoms with Crippen molar-refractivity contribution < 1.29 is 0 Å². The van der Waals surface area contributed by atoms with E-state index in [1.807, 2.05) is 0 Å². The van der Waals surface area contributed by atoms with E-state index in [9.17, 15) is 0 Å². The molecule has 1 unspecified atom stereocenters. The molecule has 1 saturated heterocycles. The summed E-state index contributed by atoms with van der Waals surface area (Å²) in [5.41, 5.74) is 2.71. The van der Waals surface area contributed by atoms with E-state index in [0.29, 0.717) is 6.04 Å². The van der Waals surface area contributed by atoms with E-state index in [2.05, 4.69) is 27.1 Å². The highest BCUT2D eigenvalue weighted by molar-refractivity contribution is 5.52. The Labute approximate surface area is 115 Å². The molecule has 0 bridgehead atoms. The zero-order valence-electron chi connectivity index (χ0n) is 11.9. The van der Waals surface area contributed by atoms with Crippen LogP contribution in [0.4, 0.5) is 5.82 Å². The van der Waals surface area contributed by atoms with Crippen molar-refractivity contribution >= 4 is 5.82 Å². The third-order valence-corrected chi connectivity index (χ3v) is 4.31. The first-order valence-corrected chi connectivity index (χ1v) is 7.70. The predicted octanol–water partition coefficient (Wildman–Crippen LogP) is 1.93. The van der Waals surface area contributed by atoms with Crippen LogP contribution in [0.25, 0.3) is 0 Å². The lowest BCUT2D eigenvalue weighted by Crippen LogP contribution is -2.39. The zero-order valence-corrected chi connectivity index (χ0v) is 11.9. The highest BCUT2D eigenvalue weighted by atomic mass is 15.2. The summed E-state index contributed by atoms with van der Waals surface area (Å²) in [7, 11) is 0. The minimum absolute atomic E-state index is 0.617. The first-order chi connectivity index (χ1) is 9.40. The number of rotatable bonds is 5. The SMILES string of the molecule is CCCNCC1CCCN1c1ncnc2c1CCC2. The van der Waals surface area contributed by atoms with Crippen molar-refractivity contribution in [1.29, 1.82) is 0 Å². The highest BCUT2D eigenvalue weighted by Gasteiger charge is 2.29. The van der Waals surface area contributed by atoms with Gasteiger partial charge in [0, 0.05) is 30.4 Å². The number of aryl methyl sites for hydroxylation is 1. The van der Waals surface area contributed by atoms with Crippen LogP contribution < -0.4 is 10.2 Å². The molecule has 4 nitrogen and oxygen atoms in total. The maximum absolute atomic E-state index is 4.60. The van der Waals surface area contributed by atoms with E-state index >= 15 is 0 Å². The van der Waals surface area contributed by atoms with Crippen LogP contribution in [0, 0.1) is 0 Å². The lowest BCUT2D eigenvalue weighted by Gasteiger charge is -2.27. The lowest BCUT2D eigenvalue weighted by atomic mass is 10.2. The number of nitrogens with zero attached hydrogens (tertiary/aromatic N) is 3. The maximum atomic E-state index is 4.60. The van der Waals surface area contributed by atoms with E-state index in [-0.39, 0.29) is 0 Å². The summed E-state index contributed by atoms with van der Waals surface area (Å²) in [6.07, 6.45) is 9.08. The van der Waals surface area contributed by atoms with Crippen molar-refractivity contribution in [2.24, 2.45) is 0 Å². The van der Waals surface area contributed by atoms with Gasteiger partial charge in [0.05, 0.1) is 0 Å². The third-order valence-electron chi connectivity index (χ3n) is 4.31. The summed E-state index contributed by atoms with van der Waals surface area (Å²) in [6, 6.07) is 0.617. The molecule has 3 rings (SSSR count). The van der Waals surface area contributed by atoms with Crippen LogP contribution in [0.2, 0.25) is 0 Å². The number of hydrogen-bond donors (Lipinski definition) is 1. The highest BCUT2D eigenvalue weighted by Crippen LogP contribution is 2.32. The van der Waals surface area contributed by atoms with Crippen molar-refractivity contribution in [2.45, 2.75) is 51.5 Å². The average Bonchev–Trinajstić information content (AvgIpc) is 3.07. The summed E-state index contributed by atoms with van der Waals surface area (Å²) in [6.45, 7) is 5.58. The Hall–Kier alpha value is -1.16. The molecule has 1 fully saturated rings. The molecule has 1 aliphatic heterocycles. The second kappa shape index (κ2) is 5.87. The molecule has 104 valence electrons. The number of nitrogens with one attached hydrogen (secondary N) is 1. The number of aromatic nitrogens is 2. The Morgan fingerprint density at radius 2 is 2.26 bits per heavy atom. The number of anilines is 1. The molecule has 0 spiro atoms. The fraction of sp³-hybridized carbons (Fsp3) is 0.733. The molecule has 1 N–H and O–H groups in total. The van der Waals surface area contributed by atoms with Crippen LogP contribution in [0.15, 0.2) is 6.33 Å². The van der Waals surface area contributed by atoms with Gasteiger partial charge in [-0.1, -0.05) is 6.92 Å². The van der Waals surface area contributed by atoms with Crippen molar-refractivity contribution in [3.05, 3.63) is 17.6 Å². The molecule has 0 aromatic carbocycles. The van der Waals surface area contributed by atoms with Gasteiger partial charge in [-0.25, -0.2) is 9.97 Å². The normalized spacial score (nSPS) is 21.9. The van der Waals surface area contributed by atoms with Gasteiger partial charge in [-0.15, -0.1) is 0 Å². The first kappa shape index (κ1) is 12.9. The van der Waals surface area contributed by atoms with Crippen molar-refractivity contribution in [1.82, 2.24) is 15.3 Å². The van der Waals surface area contributed by atoms with Crippen LogP contribution in [0.5, 0.6) is 0 Å². The van der Waals surface area contributed by atoms with Crippen LogP contribution in [0.3, 0.4) is 0 Å². The van der Waals surface area contributed by atoms with Crippen LogP contribution >= 0.6 is 0 Å². The Balaban J connectivity index is 1.75. The van der Waals surface area contributed by atoms with E-state index < -0.39 is 0 Å². The Morgan fingerprint density at radius 1 is 1.32 bits per heavy atom. The fourth-order valence-corrected chi connectivity index (χ4v) is 3.36. The minimum Gasteiger partial charge on any atom is -0.352 e. The third kappa shape index (κ3) is 2.59. The topological polar surface area (TPSA) is 41.0 Å². The lowest BCUT2D eigenvalue weighted by molar-refractivity contribution is 0.567. The van der Waals surface area contributed by atoms with E-state index in [1.54, 1.807) is 6.33 Å². The van der Waals surface area contributed by atoms with Crippen molar-refractivity contribution in [2.75, 3.05) is 24.5 Å². The molecular weight excluding hydrogens is 236 g/mol. The fourth-order valence-electron chi connectivity index (χ4n) is 3.36. The molecule has 1 aliphatic carbocycles. The first-order valence-electron chi connectivity index (χ1n) is 7.70. The Bertz CT molecular complexity index is 432. The van der Waals surface area contributed by atoms with Crippen LogP contribution in [-0.2, 0) is 12.8 Å². The summed E-state index contributed by atoms with van der Waals surface area (Å²) >= 11 is 0. The summed E-state index contributed by atoms with van der Waals surface area (Å²) in [5.74, 6) is 1.23. The van der Waals surface area contributed by atoms with Gasteiger partial charge in [-0.3, -0.25) is 0 Å². The summed E-state index contributed by atoms with van der Waals surface area (Å²) in [5, 5.41) is 3.56. The standard InChI is InChI=1S/C15H24N4/c1-2-8-16-10-12-5-4-9-19(12)15-13-6-3-7-14(13)17-11-18-15/h11-12,16H,2-10H2,1H3. The van der Waals surface area contributed by atoms with Crippen LogP contribution in [0.1, 0.15) is 43.9 Å². The molecule has 0 amide bonds.